The van der Waals surface area contributed by atoms with Crippen molar-refractivity contribution in [2.45, 2.75) is 39.5 Å². The maximum Gasteiger partial charge on any atom is 0.0460 e. The summed E-state index contributed by atoms with van der Waals surface area (Å²) < 4.78 is 0. The van der Waals surface area contributed by atoms with Crippen molar-refractivity contribution in [3.63, 3.8) is 0 Å². The van der Waals surface area contributed by atoms with Crippen molar-refractivity contribution in [2.24, 2.45) is 17.3 Å². The molecule has 0 radical (unpaired) electrons. The van der Waals surface area contributed by atoms with Crippen LogP contribution in [0.5, 0.6) is 0 Å². The van der Waals surface area contributed by atoms with Gasteiger partial charge in [0.1, 0.15) is 0 Å². The zero-order chi connectivity index (χ0) is 10.9. The Kier molecular flexibility index (Phi) is 3.36. The van der Waals surface area contributed by atoms with Crippen LogP contribution in [0.15, 0.2) is 0 Å². The first kappa shape index (κ1) is 11.4. The van der Waals surface area contributed by atoms with E-state index >= 15 is 0 Å². The molecule has 2 rings (SSSR count). The highest BCUT2D eigenvalue weighted by molar-refractivity contribution is 4.91. The van der Waals surface area contributed by atoms with Crippen LogP contribution in [0.3, 0.4) is 0 Å². The van der Waals surface area contributed by atoms with E-state index in [0.29, 0.717) is 17.9 Å². The first-order valence-electron chi connectivity index (χ1n) is 6.44. The highest BCUT2D eigenvalue weighted by atomic mass is 16.3. The number of hydrogen-bond donors (Lipinski definition) is 1. The maximum absolute atomic E-state index is 9.08. The summed E-state index contributed by atoms with van der Waals surface area (Å²) in [4.78, 5) is 2.61. The third-order valence-electron chi connectivity index (χ3n) is 4.25. The Morgan fingerprint density at radius 2 is 1.87 bits per heavy atom. The van der Waals surface area contributed by atoms with Gasteiger partial charge >= 0.3 is 0 Å². The summed E-state index contributed by atoms with van der Waals surface area (Å²) in [6.45, 7) is 8.88. The van der Waals surface area contributed by atoms with E-state index in [2.05, 4.69) is 18.7 Å². The van der Waals surface area contributed by atoms with Crippen molar-refractivity contribution < 1.29 is 5.11 Å². The lowest BCUT2D eigenvalue weighted by atomic mass is 9.63. The Hall–Kier alpha value is -0.0800. The average Bonchev–Trinajstić information content (AvgIpc) is 2.17. The molecule has 1 heterocycles. The van der Waals surface area contributed by atoms with Crippen LogP contribution in [-0.2, 0) is 0 Å². The van der Waals surface area contributed by atoms with Gasteiger partial charge in [0.15, 0.2) is 0 Å². The molecule has 2 aliphatic rings. The van der Waals surface area contributed by atoms with E-state index in [1.807, 2.05) is 0 Å². The van der Waals surface area contributed by atoms with E-state index in [0.717, 1.165) is 5.92 Å². The standard InChI is InChI=1S/C13H25NO/c1-11-7-13(2,8-11)10-14-5-3-12(9-15)4-6-14/h11-12,15H,3-10H2,1-2H3. The molecular weight excluding hydrogens is 186 g/mol. The van der Waals surface area contributed by atoms with Crippen molar-refractivity contribution in [3.05, 3.63) is 0 Å². The van der Waals surface area contributed by atoms with Gasteiger partial charge in [0, 0.05) is 13.2 Å². The van der Waals surface area contributed by atoms with E-state index in [4.69, 9.17) is 5.11 Å². The lowest BCUT2D eigenvalue weighted by Crippen LogP contribution is -2.46. The molecule has 1 saturated heterocycles. The first-order valence-corrected chi connectivity index (χ1v) is 6.44. The highest BCUT2D eigenvalue weighted by Gasteiger charge is 2.39. The third kappa shape index (κ3) is 2.73. The molecule has 0 unspecified atom stereocenters. The molecule has 0 amide bonds. The van der Waals surface area contributed by atoms with Crippen molar-refractivity contribution in [2.75, 3.05) is 26.2 Å². The van der Waals surface area contributed by atoms with Gasteiger partial charge in [-0.05, 0) is 56.0 Å². The average molecular weight is 211 g/mol. The number of nitrogens with zero attached hydrogens (tertiary/aromatic N) is 1. The second kappa shape index (κ2) is 4.42. The second-order valence-corrected chi connectivity index (χ2v) is 6.23. The molecule has 0 bridgehead atoms. The van der Waals surface area contributed by atoms with Crippen LogP contribution in [0.4, 0.5) is 0 Å². The van der Waals surface area contributed by atoms with Crippen molar-refractivity contribution in [1.82, 2.24) is 4.90 Å². The minimum absolute atomic E-state index is 0.391. The Bertz CT molecular complexity index is 203. The molecule has 0 atom stereocenters. The van der Waals surface area contributed by atoms with E-state index in [1.165, 1.54) is 45.3 Å². The molecular formula is C13H25NO. The van der Waals surface area contributed by atoms with Gasteiger partial charge in [-0.1, -0.05) is 13.8 Å². The second-order valence-electron chi connectivity index (χ2n) is 6.23. The molecule has 0 aromatic carbocycles. The van der Waals surface area contributed by atoms with E-state index in [1.54, 1.807) is 0 Å². The first-order chi connectivity index (χ1) is 7.11. The molecule has 0 aromatic heterocycles. The van der Waals surface area contributed by atoms with Gasteiger partial charge in [-0.25, -0.2) is 0 Å². The summed E-state index contributed by atoms with van der Waals surface area (Å²) >= 11 is 0. The van der Waals surface area contributed by atoms with Crippen LogP contribution in [0.25, 0.3) is 0 Å². The zero-order valence-corrected chi connectivity index (χ0v) is 10.2. The van der Waals surface area contributed by atoms with Gasteiger partial charge in [-0.2, -0.15) is 0 Å². The van der Waals surface area contributed by atoms with Gasteiger partial charge in [-0.15, -0.1) is 0 Å². The van der Waals surface area contributed by atoms with E-state index in [9.17, 15) is 0 Å². The van der Waals surface area contributed by atoms with E-state index < -0.39 is 0 Å². The van der Waals surface area contributed by atoms with Crippen LogP contribution in [0, 0.1) is 17.3 Å². The fourth-order valence-corrected chi connectivity index (χ4v) is 3.62. The minimum Gasteiger partial charge on any atom is -0.396 e. The van der Waals surface area contributed by atoms with Gasteiger partial charge < -0.3 is 10.0 Å². The molecule has 1 aliphatic carbocycles. The minimum atomic E-state index is 0.391. The lowest BCUT2D eigenvalue weighted by Gasteiger charge is -2.47. The molecule has 1 saturated carbocycles. The Labute approximate surface area is 93.7 Å². The number of aliphatic hydroxyl groups excluding tert-OH is 1. The van der Waals surface area contributed by atoms with Crippen LogP contribution in [-0.4, -0.2) is 36.2 Å². The predicted octanol–water partition coefficient (Wildman–Crippen LogP) is 2.13. The molecule has 0 spiro atoms. The molecule has 88 valence electrons. The van der Waals surface area contributed by atoms with Gasteiger partial charge in [0.25, 0.3) is 0 Å². The number of hydrogen-bond acceptors (Lipinski definition) is 2. The smallest absolute Gasteiger partial charge is 0.0460 e. The molecule has 2 heteroatoms. The van der Waals surface area contributed by atoms with Crippen molar-refractivity contribution in [3.8, 4) is 0 Å². The fraction of sp³-hybridized carbons (Fsp3) is 1.00. The van der Waals surface area contributed by atoms with Crippen molar-refractivity contribution in [1.29, 1.82) is 0 Å². The molecule has 2 fully saturated rings. The van der Waals surface area contributed by atoms with E-state index in [-0.39, 0.29) is 0 Å². The van der Waals surface area contributed by atoms with Gasteiger partial charge in [0.2, 0.25) is 0 Å². The number of likely N-dealkylation sites (tertiary alicyclic amines) is 1. The van der Waals surface area contributed by atoms with Crippen molar-refractivity contribution >= 4 is 0 Å². The summed E-state index contributed by atoms with van der Waals surface area (Å²) in [5, 5.41) is 9.08. The monoisotopic (exact) mass is 211 g/mol. The van der Waals surface area contributed by atoms with Crippen LogP contribution < -0.4 is 0 Å². The summed E-state index contributed by atoms with van der Waals surface area (Å²) in [5.74, 6) is 1.53. The number of aliphatic hydroxyl groups is 1. The van der Waals surface area contributed by atoms with Gasteiger partial charge in [-0.3, -0.25) is 0 Å². The molecule has 1 aliphatic heterocycles. The predicted molar refractivity (Wildman–Crippen MR) is 62.8 cm³/mol. The normalized spacial score (nSPS) is 39.0. The SMILES string of the molecule is CC1CC(C)(CN2CCC(CO)CC2)C1. The fourth-order valence-electron chi connectivity index (χ4n) is 3.62. The zero-order valence-electron chi connectivity index (χ0n) is 10.2. The lowest BCUT2D eigenvalue weighted by molar-refractivity contribution is 0.0214. The molecule has 0 aromatic rings. The summed E-state index contributed by atoms with van der Waals surface area (Å²) in [6.07, 6.45) is 5.21. The van der Waals surface area contributed by atoms with Gasteiger partial charge in [0.05, 0.1) is 0 Å². The summed E-state index contributed by atoms with van der Waals surface area (Å²) in [6, 6.07) is 0. The van der Waals surface area contributed by atoms with Crippen LogP contribution in [0.1, 0.15) is 39.5 Å². The Morgan fingerprint density at radius 1 is 1.27 bits per heavy atom. The van der Waals surface area contributed by atoms with Crippen LogP contribution in [0.2, 0.25) is 0 Å². The summed E-state index contributed by atoms with van der Waals surface area (Å²) in [5.41, 5.74) is 0.603. The number of rotatable bonds is 3. The topological polar surface area (TPSA) is 23.5 Å². The molecule has 15 heavy (non-hydrogen) atoms. The maximum atomic E-state index is 9.08. The highest BCUT2D eigenvalue weighted by Crippen LogP contribution is 2.45. The quantitative estimate of drug-likeness (QED) is 0.773. The Morgan fingerprint density at radius 3 is 2.33 bits per heavy atom. The third-order valence-corrected chi connectivity index (χ3v) is 4.25. The number of piperidine rings is 1. The summed E-state index contributed by atoms with van der Waals surface area (Å²) in [7, 11) is 0. The largest absolute Gasteiger partial charge is 0.396 e. The van der Waals surface area contributed by atoms with Crippen LogP contribution >= 0.6 is 0 Å². The Balaban J connectivity index is 1.73. The molecule has 2 nitrogen and oxygen atoms in total. The molecule has 1 N–H and O–H groups in total.